The Morgan fingerprint density at radius 3 is 2.32 bits per heavy atom. The average Bonchev–Trinajstić information content (AvgIpc) is 2.37. The molecule has 1 rings (SSSR count). The minimum Gasteiger partial charge on any atom is -0.367 e. The molecule has 1 amide bonds. The van der Waals surface area contributed by atoms with E-state index < -0.39 is 24.7 Å². The summed E-state index contributed by atoms with van der Waals surface area (Å²) in [6, 6.07) is 8.46. The van der Waals surface area contributed by atoms with Crippen LogP contribution in [0, 0.1) is 0 Å². The topological polar surface area (TPSA) is 29.5 Å². The maximum Gasteiger partial charge on any atom is 0.406 e. The van der Waals surface area contributed by atoms with E-state index in [0.29, 0.717) is 5.56 Å². The molecule has 0 aliphatic carbocycles. The Kier molecular flexibility index (Phi) is 5.35. The van der Waals surface area contributed by atoms with Gasteiger partial charge in [0.15, 0.2) is 6.10 Å². The molecule has 19 heavy (non-hydrogen) atoms. The van der Waals surface area contributed by atoms with Gasteiger partial charge < -0.3 is 9.64 Å². The number of hydrogen-bond donors (Lipinski definition) is 0. The number of nitrogens with zero attached hydrogens (tertiary/aromatic N) is 1. The van der Waals surface area contributed by atoms with Gasteiger partial charge in [-0.3, -0.25) is 4.79 Å². The van der Waals surface area contributed by atoms with Crippen molar-refractivity contribution in [3.05, 3.63) is 35.9 Å². The van der Waals surface area contributed by atoms with Crippen molar-refractivity contribution < 1.29 is 22.7 Å². The Morgan fingerprint density at radius 2 is 1.89 bits per heavy atom. The van der Waals surface area contributed by atoms with Crippen molar-refractivity contribution in [2.75, 3.05) is 20.2 Å². The highest BCUT2D eigenvalue weighted by molar-refractivity contribution is 5.82. The number of benzene rings is 1. The van der Waals surface area contributed by atoms with Crippen molar-refractivity contribution >= 4 is 5.91 Å². The van der Waals surface area contributed by atoms with E-state index >= 15 is 0 Å². The van der Waals surface area contributed by atoms with Gasteiger partial charge in [0.05, 0.1) is 0 Å². The largest absolute Gasteiger partial charge is 0.406 e. The molecule has 0 saturated heterocycles. The van der Waals surface area contributed by atoms with Crippen LogP contribution in [0.15, 0.2) is 30.3 Å². The summed E-state index contributed by atoms with van der Waals surface area (Å²) < 4.78 is 42.2. The highest BCUT2D eigenvalue weighted by atomic mass is 19.4. The van der Waals surface area contributed by atoms with Crippen LogP contribution < -0.4 is 0 Å². The number of methoxy groups -OCH3 is 1. The SMILES string of the molecule is CCN(CC(F)(F)F)C(=O)[C@H](OC)c1ccccc1. The molecule has 1 atom stereocenters. The molecule has 0 unspecified atom stereocenters. The lowest BCUT2D eigenvalue weighted by molar-refractivity contribution is -0.167. The zero-order valence-electron chi connectivity index (χ0n) is 10.8. The second-order valence-corrected chi connectivity index (χ2v) is 3.99. The third-order valence-electron chi connectivity index (χ3n) is 2.63. The number of alkyl halides is 3. The fourth-order valence-corrected chi connectivity index (χ4v) is 1.74. The van der Waals surface area contributed by atoms with Gasteiger partial charge in [0.2, 0.25) is 0 Å². The van der Waals surface area contributed by atoms with E-state index in [4.69, 9.17) is 4.74 Å². The number of carbonyl (C=O) groups excluding carboxylic acids is 1. The van der Waals surface area contributed by atoms with Gasteiger partial charge in [0.25, 0.3) is 5.91 Å². The van der Waals surface area contributed by atoms with E-state index in [2.05, 4.69) is 0 Å². The van der Waals surface area contributed by atoms with Crippen LogP contribution in [0.1, 0.15) is 18.6 Å². The van der Waals surface area contributed by atoms with Crippen molar-refractivity contribution in [1.82, 2.24) is 4.90 Å². The first-order chi connectivity index (χ1) is 8.89. The summed E-state index contributed by atoms with van der Waals surface area (Å²) in [4.78, 5) is 12.8. The summed E-state index contributed by atoms with van der Waals surface area (Å²) in [5.74, 6) is -0.687. The minimum atomic E-state index is -4.42. The fraction of sp³-hybridized carbons (Fsp3) is 0.462. The molecule has 106 valence electrons. The lowest BCUT2D eigenvalue weighted by Gasteiger charge is -2.26. The van der Waals surface area contributed by atoms with Crippen LogP contribution in [-0.2, 0) is 9.53 Å². The third kappa shape index (κ3) is 4.55. The molecule has 0 aliphatic rings. The number of carbonyl (C=O) groups is 1. The molecule has 0 bridgehead atoms. The summed E-state index contributed by atoms with van der Waals surface area (Å²) in [7, 11) is 1.30. The summed E-state index contributed by atoms with van der Waals surface area (Å²) in [5, 5.41) is 0. The Morgan fingerprint density at radius 1 is 1.32 bits per heavy atom. The van der Waals surface area contributed by atoms with Crippen molar-refractivity contribution in [2.45, 2.75) is 19.2 Å². The number of likely N-dealkylation sites (N-methyl/N-ethyl adjacent to an activating group) is 1. The molecule has 6 heteroatoms. The van der Waals surface area contributed by atoms with Crippen LogP contribution in [0.25, 0.3) is 0 Å². The van der Waals surface area contributed by atoms with Crippen molar-refractivity contribution in [2.24, 2.45) is 0 Å². The molecule has 0 fully saturated rings. The first-order valence-electron chi connectivity index (χ1n) is 5.82. The standard InChI is InChI=1S/C13H16F3NO2/c1-3-17(9-13(14,15)16)12(18)11(19-2)10-7-5-4-6-8-10/h4-8,11H,3,9H2,1-2H3/t11-/m1/s1. The van der Waals surface area contributed by atoms with Crippen LogP contribution >= 0.6 is 0 Å². The van der Waals surface area contributed by atoms with Gasteiger partial charge >= 0.3 is 6.18 Å². The summed E-state index contributed by atoms with van der Waals surface area (Å²) >= 11 is 0. The van der Waals surface area contributed by atoms with Gasteiger partial charge in [-0.2, -0.15) is 13.2 Å². The maximum atomic E-state index is 12.4. The highest BCUT2D eigenvalue weighted by Crippen LogP contribution is 2.22. The number of hydrogen-bond acceptors (Lipinski definition) is 2. The number of ether oxygens (including phenoxy) is 1. The van der Waals surface area contributed by atoms with Crippen molar-refractivity contribution in [3.8, 4) is 0 Å². The van der Waals surface area contributed by atoms with Gasteiger partial charge in [-0.15, -0.1) is 0 Å². The molecule has 0 saturated carbocycles. The predicted octanol–water partition coefficient (Wildman–Crippen LogP) is 2.78. The van der Waals surface area contributed by atoms with E-state index in [-0.39, 0.29) is 6.54 Å². The first-order valence-corrected chi connectivity index (χ1v) is 5.82. The summed E-state index contributed by atoms with van der Waals surface area (Å²) in [6.07, 6.45) is -5.43. The Balaban J connectivity index is 2.88. The van der Waals surface area contributed by atoms with Gasteiger partial charge in [-0.1, -0.05) is 30.3 Å². The molecule has 0 spiro atoms. The zero-order chi connectivity index (χ0) is 14.5. The molecular weight excluding hydrogens is 259 g/mol. The predicted molar refractivity (Wildman–Crippen MR) is 64.5 cm³/mol. The Hall–Kier alpha value is -1.56. The molecule has 1 aromatic rings. The summed E-state index contributed by atoms with van der Waals surface area (Å²) in [6.45, 7) is 0.210. The molecule has 0 heterocycles. The van der Waals surface area contributed by atoms with Gasteiger partial charge in [0, 0.05) is 13.7 Å². The first kappa shape index (κ1) is 15.5. The van der Waals surface area contributed by atoms with Crippen LogP contribution in [-0.4, -0.2) is 37.2 Å². The van der Waals surface area contributed by atoms with Crippen LogP contribution in [0.3, 0.4) is 0 Å². The minimum absolute atomic E-state index is 0.0228. The molecule has 3 nitrogen and oxygen atoms in total. The fourth-order valence-electron chi connectivity index (χ4n) is 1.74. The number of amides is 1. The van der Waals surface area contributed by atoms with Gasteiger partial charge in [-0.25, -0.2) is 0 Å². The number of halogens is 3. The van der Waals surface area contributed by atoms with Crippen LogP contribution in [0.5, 0.6) is 0 Å². The van der Waals surface area contributed by atoms with E-state index in [1.807, 2.05) is 0 Å². The second-order valence-electron chi connectivity index (χ2n) is 3.99. The van der Waals surface area contributed by atoms with Crippen LogP contribution in [0.4, 0.5) is 13.2 Å². The highest BCUT2D eigenvalue weighted by Gasteiger charge is 2.35. The molecule has 0 aromatic heterocycles. The third-order valence-corrected chi connectivity index (χ3v) is 2.63. The van der Waals surface area contributed by atoms with E-state index in [0.717, 1.165) is 4.90 Å². The second kappa shape index (κ2) is 6.56. The molecule has 0 radical (unpaired) electrons. The monoisotopic (exact) mass is 275 g/mol. The molecule has 0 N–H and O–H groups in total. The molecular formula is C13H16F3NO2. The lowest BCUT2D eigenvalue weighted by atomic mass is 10.1. The Bertz CT molecular complexity index is 406. The summed E-state index contributed by atoms with van der Waals surface area (Å²) in [5.41, 5.74) is 0.538. The quantitative estimate of drug-likeness (QED) is 0.827. The number of rotatable bonds is 5. The van der Waals surface area contributed by atoms with Crippen molar-refractivity contribution in [1.29, 1.82) is 0 Å². The van der Waals surface area contributed by atoms with Crippen LogP contribution in [0.2, 0.25) is 0 Å². The van der Waals surface area contributed by atoms with Gasteiger partial charge in [-0.05, 0) is 12.5 Å². The smallest absolute Gasteiger partial charge is 0.367 e. The maximum absolute atomic E-state index is 12.4. The van der Waals surface area contributed by atoms with E-state index in [1.165, 1.54) is 14.0 Å². The molecule has 0 aliphatic heterocycles. The Labute approximate surface area is 110 Å². The lowest BCUT2D eigenvalue weighted by Crippen LogP contribution is -2.41. The molecule has 1 aromatic carbocycles. The van der Waals surface area contributed by atoms with Gasteiger partial charge in [0.1, 0.15) is 6.54 Å². The van der Waals surface area contributed by atoms with E-state index in [9.17, 15) is 18.0 Å². The van der Waals surface area contributed by atoms with Crippen molar-refractivity contribution in [3.63, 3.8) is 0 Å². The normalized spacial score (nSPS) is 13.1. The van der Waals surface area contributed by atoms with E-state index in [1.54, 1.807) is 30.3 Å². The zero-order valence-corrected chi connectivity index (χ0v) is 10.8. The average molecular weight is 275 g/mol.